The van der Waals surface area contributed by atoms with Crippen LogP contribution in [0, 0.1) is 0 Å². The van der Waals surface area contributed by atoms with Crippen molar-refractivity contribution in [1.29, 1.82) is 0 Å². The number of carboxylic acid groups (broad SMARTS) is 1. The van der Waals surface area contributed by atoms with E-state index in [-0.39, 0.29) is 37.3 Å². The second-order valence-electron chi connectivity index (χ2n) is 8.54. The number of rotatable bonds is 8. The maximum absolute atomic E-state index is 12.8. The van der Waals surface area contributed by atoms with Crippen LogP contribution in [-0.4, -0.2) is 52.8 Å². The molecule has 4 rings (SSSR count). The molecule has 1 fully saturated rings. The highest BCUT2D eigenvalue weighted by atomic mass is 32.2. The first-order valence-corrected chi connectivity index (χ1v) is 12.2. The normalized spacial score (nSPS) is 19.9. The number of carbonyl (C=O) groups is 3. The molecule has 2 aromatic carbocycles. The van der Waals surface area contributed by atoms with Gasteiger partial charge in [-0.25, -0.2) is 4.79 Å². The highest BCUT2D eigenvalue weighted by Crippen LogP contribution is 2.44. The summed E-state index contributed by atoms with van der Waals surface area (Å²) in [6.45, 7) is 2.23. The molecule has 1 aliphatic carbocycles. The summed E-state index contributed by atoms with van der Waals surface area (Å²) in [4.78, 5) is 36.4. The molecule has 0 radical (unpaired) electrons. The lowest BCUT2D eigenvalue weighted by Gasteiger charge is -2.21. The average molecular weight is 469 g/mol. The number of benzene rings is 2. The van der Waals surface area contributed by atoms with Crippen LogP contribution < -0.4 is 10.6 Å². The predicted octanol–water partition coefficient (Wildman–Crippen LogP) is 3.77. The zero-order chi connectivity index (χ0) is 23.4. The molecule has 1 aliphatic heterocycles. The van der Waals surface area contributed by atoms with E-state index in [0.717, 1.165) is 34.4 Å². The van der Waals surface area contributed by atoms with Crippen molar-refractivity contribution in [2.45, 2.75) is 49.4 Å². The highest BCUT2D eigenvalue weighted by Gasteiger charge is 2.31. The smallest absolute Gasteiger partial charge is 0.407 e. The molecule has 8 heteroatoms. The fraction of sp³-hybridized carbons (Fsp3) is 0.400. The maximum Gasteiger partial charge on any atom is 0.407 e. The number of carboxylic acids is 1. The molecular weight excluding hydrogens is 440 g/mol. The summed E-state index contributed by atoms with van der Waals surface area (Å²) < 4.78 is 5.53. The van der Waals surface area contributed by atoms with Crippen molar-refractivity contribution in [2.24, 2.45) is 0 Å². The third kappa shape index (κ3) is 5.50. The fourth-order valence-electron chi connectivity index (χ4n) is 4.54. The van der Waals surface area contributed by atoms with Crippen molar-refractivity contribution >= 4 is 29.7 Å². The van der Waals surface area contributed by atoms with Crippen LogP contribution in [-0.2, 0) is 14.3 Å². The second kappa shape index (κ2) is 10.3. The number of fused-ring (bicyclic) bond motifs is 3. The standard InChI is InChI=1S/C25H28N2O5S/c1-15-12-16(14-33-15)26-24(30)22(10-11-23(28)29)27-25(31)32-13-21-19-8-4-2-6-17(19)18-7-3-5-9-20(18)21/h2-9,15-16,21-22H,10-14H2,1H3,(H,26,30)(H,27,31)(H,28,29). The Morgan fingerprint density at radius 2 is 1.73 bits per heavy atom. The molecule has 0 bridgehead atoms. The lowest BCUT2D eigenvalue weighted by molar-refractivity contribution is -0.137. The van der Waals surface area contributed by atoms with Gasteiger partial charge in [-0.15, -0.1) is 0 Å². The first-order chi connectivity index (χ1) is 15.9. The van der Waals surface area contributed by atoms with Gasteiger partial charge in [-0.2, -0.15) is 11.8 Å². The summed E-state index contributed by atoms with van der Waals surface area (Å²) in [5, 5.41) is 15.0. The van der Waals surface area contributed by atoms with Gasteiger partial charge in [0.15, 0.2) is 0 Å². The summed E-state index contributed by atoms with van der Waals surface area (Å²) in [5.74, 6) is -0.674. The van der Waals surface area contributed by atoms with Gasteiger partial charge in [0.2, 0.25) is 5.91 Å². The van der Waals surface area contributed by atoms with E-state index < -0.39 is 18.1 Å². The van der Waals surface area contributed by atoms with Crippen LogP contribution in [0.25, 0.3) is 11.1 Å². The molecule has 174 valence electrons. The summed E-state index contributed by atoms with van der Waals surface area (Å²) >= 11 is 1.78. The van der Waals surface area contributed by atoms with Gasteiger partial charge >= 0.3 is 12.1 Å². The van der Waals surface area contributed by atoms with Gasteiger partial charge in [0.05, 0.1) is 0 Å². The predicted molar refractivity (Wildman–Crippen MR) is 127 cm³/mol. The van der Waals surface area contributed by atoms with Gasteiger partial charge in [0, 0.05) is 29.4 Å². The lowest BCUT2D eigenvalue weighted by atomic mass is 9.98. The molecule has 3 unspecified atom stereocenters. The lowest BCUT2D eigenvalue weighted by Crippen LogP contribution is -2.50. The third-order valence-corrected chi connectivity index (χ3v) is 7.50. The monoisotopic (exact) mass is 468 g/mol. The zero-order valence-corrected chi connectivity index (χ0v) is 19.3. The van der Waals surface area contributed by atoms with Crippen LogP contribution in [0.15, 0.2) is 48.5 Å². The summed E-state index contributed by atoms with van der Waals surface area (Å²) in [6.07, 6.45) is -0.0951. The molecule has 0 spiro atoms. The van der Waals surface area contributed by atoms with Gasteiger partial charge < -0.3 is 20.5 Å². The highest BCUT2D eigenvalue weighted by molar-refractivity contribution is 8.00. The Balaban J connectivity index is 1.39. The van der Waals surface area contributed by atoms with Crippen molar-refractivity contribution in [3.8, 4) is 11.1 Å². The molecule has 0 aromatic heterocycles. The SMILES string of the molecule is CC1CC(NC(=O)C(CCC(=O)O)NC(=O)OCC2c3ccccc3-c3ccccc32)CS1. The van der Waals surface area contributed by atoms with E-state index in [4.69, 9.17) is 9.84 Å². The number of aliphatic carboxylic acids is 1. The molecule has 2 aliphatic rings. The molecule has 1 saturated heterocycles. The number of hydrogen-bond donors (Lipinski definition) is 3. The topological polar surface area (TPSA) is 105 Å². The second-order valence-corrected chi connectivity index (χ2v) is 10.0. The third-order valence-electron chi connectivity index (χ3n) is 6.14. The van der Waals surface area contributed by atoms with Gasteiger partial charge in [-0.05, 0) is 35.1 Å². The van der Waals surface area contributed by atoms with E-state index in [0.29, 0.717) is 5.25 Å². The van der Waals surface area contributed by atoms with Crippen LogP contribution in [0.3, 0.4) is 0 Å². The Kier molecular flexibility index (Phi) is 7.23. The Labute approximate surface area is 197 Å². The van der Waals surface area contributed by atoms with Crippen LogP contribution >= 0.6 is 11.8 Å². The number of thioether (sulfide) groups is 1. The Bertz CT molecular complexity index is 997. The van der Waals surface area contributed by atoms with E-state index in [1.165, 1.54) is 0 Å². The first-order valence-electron chi connectivity index (χ1n) is 11.2. The van der Waals surface area contributed by atoms with Crippen molar-refractivity contribution in [3.05, 3.63) is 59.7 Å². The van der Waals surface area contributed by atoms with Crippen molar-refractivity contribution < 1.29 is 24.2 Å². The number of carbonyl (C=O) groups excluding carboxylic acids is 2. The summed E-state index contributed by atoms with van der Waals surface area (Å²) in [7, 11) is 0. The number of ether oxygens (including phenoxy) is 1. The minimum atomic E-state index is -1.02. The fourth-order valence-corrected chi connectivity index (χ4v) is 5.69. The van der Waals surface area contributed by atoms with Gasteiger partial charge in [-0.1, -0.05) is 55.5 Å². The molecule has 1 heterocycles. The van der Waals surface area contributed by atoms with Crippen LogP contribution in [0.2, 0.25) is 0 Å². The molecule has 33 heavy (non-hydrogen) atoms. The maximum atomic E-state index is 12.8. The minimum absolute atomic E-state index is 0.000772. The van der Waals surface area contributed by atoms with Crippen LogP contribution in [0.5, 0.6) is 0 Å². The number of nitrogens with one attached hydrogen (secondary N) is 2. The van der Waals surface area contributed by atoms with E-state index in [9.17, 15) is 14.4 Å². The first kappa shape index (κ1) is 23.2. The van der Waals surface area contributed by atoms with E-state index >= 15 is 0 Å². The van der Waals surface area contributed by atoms with E-state index in [1.807, 2.05) is 36.4 Å². The van der Waals surface area contributed by atoms with Crippen molar-refractivity contribution in [2.75, 3.05) is 12.4 Å². The van der Waals surface area contributed by atoms with Crippen molar-refractivity contribution in [1.82, 2.24) is 10.6 Å². The molecule has 2 aromatic rings. The van der Waals surface area contributed by atoms with E-state index in [1.54, 1.807) is 11.8 Å². The molecule has 3 N–H and O–H groups in total. The van der Waals surface area contributed by atoms with Gasteiger partial charge in [0.1, 0.15) is 12.6 Å². The van der Waals surface area contributed by atoms with E-state index in [2.05, 4.69) is 29.7 Å². The van der Waals surface area contributed by atoms with Crippen LogP contribution in [0.1, 0.15) is 43.2 Å². The van der Waals surface area contributed by atoms with Gasteiger partial charge in [-0.3, -0.25) is 9.59 Å². The molecule has 0 saturated carbocycles. The Hall–Kier alpha value is -3.00. The van der Waals surface area contributed by atoms with Crippen molar-refractivity contribution in [3.63, 3.8) is 0 Å². The average Bonchev–Trinajstić information content (AvgIpc) is 3.35. The Morgan fingerprint density at radius 1 is 1.09 bits per heavy atom. The summed E-state index contributed by atoms with van der Waals surface area (Å²) in [6, 6.07) is 15.1. The summed E-state index contributed by atoms with van der Waals surface area (Å²) in [5.41, 5.74) is 4.45. The largest absolute Gasteiger partial charge is 0.481 e. The number of alkyl carbamates (subject to hydrolysis) is 1. The number of amides is 2. The van der Waals surface area contributed by atoms with Crippen LogP contribution in [0.4, 0.5) is 4.79 Å². The molecular formula is C25H28N2O5S. The minimum Gasteiger partial charge on any atom is -0.481 e. The number of hydrogen-bond acceptors (Lipinski definition) is 5. The molecule has 3 atom stereocenters. The molecule has 2 amide bonds. The zero-order valence-electron chi connectivity index (χ0n) is 18.5. The van der Waals surface area contributed by atoms with Gasteiger partial charge in [0.25, 0.3) is 0 Å². The quantitative estimate of drug-likeness (QED) is 0.545. The molecule has 7 nitrogen and oxygen atoms in total. The Morgan fingerprint density at radius 3 is 2.30 bits per heavy atom.